The van der Waals surface area contributed by atoms with Gasteiger partial charge in [0.05, 0.1) is 11.1 Å². The van der Waals surface area contributed by atoms with Crippen LogP contribution in [-0.2, 0) is 22.8 Å². The number of nitrogens with one attached hydrogen (secondary N) is 1. The molecular weight excluding hydrogens is 558 g/mol. The van der Waals surface area contributed by atoms with E-state index >= 15 is 0 Å². The van der Waals surface area contributed by atoms with Crippen molar-refractivity contribution in [3.63, 3.8) is 0 Å². The lowest BCUT2D eigenvalue weighted by Crippen LogP contribution is -2.27. The zero-order valence-electron chi connectivity index (χ0n) is 25.3. The Morgan fingerprint density at radius 1 is 0.953 bits per heavy atom. The molecule has 9 heteroatoms. The van der Waals surface area contributed by atoms with Crippen LogP contribution < -0.4 is 0 Å². The van der Waals surface area contributed by atoms with E-state index in [-0.39, 0.29) is 15.8 Å². The molecule has 0 radical (unpaired) electrons. The fourth-order valence-electron chi connectivity index (χ4n) is 5.96. The van der Waals surface area contributed by atoms with Gasteiger partial charge in [0.2, 0.25) is 9.84 Å². The zero-order valence-corrected chi connectivity index (χ0v) is 26.1. The predicted molar refractivity (Wildman–Crippen MR) is 169 cm³/mol. The van der Waals surface area contributed by atoms with Crippen molar-refractivity contribution in [1.29, 1.82) is 0 Å². The number of carbonyl (C=O) groups is 1. The highest BCUT2D eigenvalue weighted by atomic mass is 32.2. The van der Waals surface area contributed by atoms with Crippen molar-refractivity contribution in [3.8, 4) is 22.3 Å². The van der Waals surface area contributed by atoms with Gasteiger partial charge in [0.25, 0.3) is 5.91 Å². The smallest absolute Gasteiger partial charge is 0.253 e. The number of aryl methyl sites for hydroxylation is 3. The van der Waals surface area contributed by atoms with Crippen LogP contribution in [0.5, 0.6) is 0 Å². The molecule has 1 aliphatic heterocycles. The Labute approximate surface area is 252 Å². The second kappa shape index (κ2) is 10.7. The minimum absolute atomic E-state index is 0.0775. The molecule has 6 rings (SSSR count). The van der Waals surface area contributed by atoms with E-state index in [1.54, 1.807) is 37.3 Å². The summed E-state index contributed by atoms with van der Waals surface area (Å²) in [6, 6.07) is 15.3. The summed E-state index contributed by atoms with van der Waals surface area (Å²) in [6.45, 7) is 7.73. The zero-order chi connectivity index (χ0) is 30.6. The average Bonchev–Trinajstić information content (AvgIpc) is 3.40. The van der Waals surface area contributed by atoms with E-state index in [0.29, 0.717) is 27.9 Å². The first-order valence-corrected chi connectivity index (χ1v) is 15.8. The molecule has 8 nitrogen and oxygen atoms in total. The number of sulfone groups is 1. The summed E-state index contributed by atoms with van der Waals surface area (Å²) in [6.07, 6.45) is 4.08. The van der Waals surface area contributed by atoms with E-state index in [9.17, 15) is 13.2 Å². The Balaban J connectivity index is 1.45. The minimum atomic E-state index is -4.04. The number of H-pyrrole nitrogens is 1. The predicted octanol–water partition coefficient (Wildman–Crippen LogP) is 5.74. The maximum Gasteiger partial charge on any atom is 0.253 e. The number of rotatable bonds is 5. The van der Waals surface area contributed by atoms with Gasteiger partial charge in [-0.15, -0.1) is 0 Å². The van der Waals surface area contributed by atoms with Crippen molar-refractivity contribution in [1.82, 2.24) is 24.8 Å². The van der Waals surface area contributed by atoms with Gasteiger partial charge in [-0.25, -0.2) is 18.4 Å². The summed E-state index contributed by atoms with van der Waals surface area (Å²) >= 11 is 0. The third-order valence-electron chi connectivity index (χ3n) is 8.29. The van der Waals surface area contributed by atoms with Gasteiger partial charge >= 0.3 is 0 Å². The SMILES string of the molecule is Cc1ccc(-c2cc(C)c3c(c2)CN(C)CC3)c(S(=O)(=O)c2cnc3[nH]cc(-c4ccc(C(=O)N(C)C)c(C)c4)c3n2)c1. The van der Waals surface area contributed by atoms with Crippen molar-refractivity contribution >= 4 is 26.9 Å². The van der Waals surface area contributed by atoms with E-state index in [1.807, 2.05) is 38.1 Å². The molecule has 0 fully saturated rings. The van der Waals surface area contributed by atoms with Crippen LogP contribution in [0.15, 0.2) is 70.8 Å². The number of hydrogen-bond acceptors (Lipinski definition) is 6. The number of aromatic amines is 1. The molecule has 5 aromatic rings. The first kappa shape index (κ1) is 28.8. The second-order valence-electron chi connectivity index (χ2n) is 11.8. The summed E-state index contributed by atoms with van der Waals surface area (Å²) in [7, 11) is 1.51. The third kappa shape index (κ3) is 5.13. The molecule has 3 aromatic carbocycles. The van der Waals surface area contributed by atoms with Crippen LogP contribution in [0.3, 0.4) is 0 Å². The largest absolute Gasteiger partial charge is 0.345 e. The summed E-state index contributed by atoms with van der Waals surface area (Å²) in [4.78, 5) is 28.8. The quantitative estimate of drug-likeness (QED) is 0.279. The molecule has 0 bridgehead atoms. The highest BCUT2D eigenvalue weighted by Gasteiger charge is 2.27. The molecule has 43 heavy (non-hydrogen) atoms. The molecule has 1 amide bonds. The van der Waals surface area contributed by atoms with Crippen LogP contribution in [-0.4, -0.2) is 66.8 Å². The van der Waals surface area contributed by atoms with Gasteiger partial charge in [0, 0.05) is 50.1 Å². The lowest BCUT2D eigenvalue weighted by atomic mass is 9.90. The van der Waals surface area contributed by atoms with Crippen LogP contribution in [0.2, 0.25) is 0 Å². The van der Waals surface area contributed by atoms with E-state index in [2.05, 4.69) is 46.0 Å². The minimum Gasteiger partial charge on any atom is -0.345 e. The fraction of sp³-hybridized carbons (Fsp3) is 0.265. The first-order chi connectivity index (χ1) is 20.4. The van der Waals surface area contributed by atoms with E-state index < -0.39 is 9.84 Å². The van der Waals surface area contributed by atoms with Crippen molar-refractivity contribution in [2.45, 2.75) is 43.7 Å². The molecule has 1 aliphatic rings. The molecule has 2 aromatic heterocycles. The second-order valence-corrected chi connectivity index (χ2v) is 13.6. The molecular formula is C34H35N5O3S. The normalized spacial score (nSPS) is 13.7. The van der Waals surface area contributed by atoms with Crippen LogP contribution in [0.4, 0.5) is 0 Å². The van der Waals surface area contributed by atoms with E-state index in [0.717, 1.165) is 41.8 Å². The van der Waals surface area contributed by atoms with Crippen LogP contribution in [0, 0.1) is 20.8 Å². The topological polar surface area (TPSA) is 99.3 Å². The first-order valence-electron chi connectivity index (χ1n) is 14.3. The molecule has 1 N–H and O–H groups in total. The van der Waals surface area contributed by atoms with Crippen LogP contribution in [0.25, 0.3) is 33.4 Å². The summed E-state index contributed by atoms with van der Waals surface area (Å²) in [5, 5.41) is -0.113. The monoisotopic (exact) mass is 593 g/mol. The van der Waals surface area contributed by atoms with Crippen molar-refractivity contribution < 1.29 is 13.2 Å². The highest BCUT2D eigenvalue weighted by molar-refractivity contribution is 7.91. The molecule has 0 atom stereocenters. The van der Waals surface area contributed by atoms with Gasteiger partial charge in [-0.3, -0.25) is 4.79 Å². The van der Waals surface area contributed by atoms with Gasteiger partial charge in [-0.1, -0.05) is 30.3 Å². The van der Waals surface area contributed by atoms with Gasteiger partial charge in [-0.05, 0) is 91.4 Å². The Kier molecular flexibility index (Phi) is 7.18. The molecule has 0 spiro atoms. The maximum absolute atomic E-state index is 14.3. The Hall–Kier alpha value is -4.34. The lowest BCUT2D eigenvalue weighted by molar-refractivity contribution is 0.0827. The molecule has 0 saturated heterocycles. The Morgan fingerprint density at radius 3 is 2.47 bits per heavy atom. The van der Waals surface area contributed by atoms with Gasteiger partial charge < -0.3 is 14.8 Å². The number of amides is 1. The number of aromatic nitrogens is 3. The summed E-state index contributed by atoms with van der Waals surface area (Å²) in [5.41, 5.74) is 10.0. The van der Waals surface area contributed by atoms with E-state index in [1.165, 1.54) is 22.9 Å². The number of nitrogens with zero attached hydrogens (tertiary/aromatic N) is 4. The fourth-order valence-corrected chi connectivity index (χ4v) is 7.40. The standard InChI is InChI=1S/C34H35N5O3S/c1-20-7-9-28(24-15-21(2)26-11-12-39(6)19-25(26)16-24)30(13-20)43(41,42)31-18-36-33-32(37-31)29(17-35-33)23-8-10-27(22(3)14-23)34(40)38(4)5/h7-10,13-18H,11-12,19H2,1-6H3,(H,35,36). The Morgan fingerprint density at radius 2 is 1.72 bits per heavy atom. The average molecular weight is 594 g/mol. The number of fused-ring (bicyclic) bond motifs is 2. The highest BCUT2D eigenvalue weighted by Crippen LogP contribution is 2.36. The molecule has 0 saturated carbocycles. The lowest BCUT2D eigenvalue weighted by Gasteiger charge is -2.27. The van der Waals surface area contributed by atoms with Crippen LogP contribution >= 0.6 is 0 Å². The Bertz CT molecular complexity index is 2030. The molecule has 3 heterocycles. The molecule has 220 valence electrons. The number of hydrogen-bond donors (Lipinski definition) is 1. The number of carbonyl (C=O) groups excluding carboxylic acids is 1. The van der Waals surface area contributed by atoms with Crippen molar-refractivity contribution in [2.75, 3.05) is 27.7 Å². The maximum atomic E-state index is 14.3. The number of likely N-dealkylation sites (N-methyl/N-ethyl adjacent to an activating group) is 1. The number of benzene rings is 3. The van der Waals surface area contributed by atoms with E-state index in [4.69, 9.17) is 0 Å². The third-order valence-corrected chi connectivity index (χ3v) is 9.96. The van der Waals surface area contributed by atoms with Crippen LogP contribution in [0.1, 0.15) is 38.2 Å². The van der Waals surface area contributed by atoms with Gasteiger partial charge in [0.15, 0.2) is 10.7 Å². The molecule has 0 aliphatic carbocycles. The molecule has 0 unspecified atom stereocenters. The summed E-state index contributed by atoms with van der Waals surface area (Å²) in [5.74, 6) is -0.0775. The summed E-state index contributed by atoms with van der Waals surface area (Å²) < 4.78 is 28.6. The van der Waals surface area contributed by atoms with Gasteiger partial charge in [0.1, 0.15) is 5.52 Å². The van der Waals surface area contributed by atoms with Crippen molar-refractivity contribution in [3.05, 3.63) is 94.3 Å². The van der Waals surface area contributed by atoms with Gasteiger partial charge in [-0.2, -0.15) is 0 Å². The van der Waals surface area contributed by atoms with Crippen molar-refractivity contribution in [2.24, 2.45) is 0 Å².